The van der Waals surface area contributed by atoms with Gasteiger partial charge in [0.05, 0.1) is 13.2 Å². The van der Waals surface area contributed by atoms with Gasteiger partial charge in [-0.15, -0.1) is 0 Å². The SMILES string of the molecule is CNC1c2ccccc2CC1N1CCOCC1C. The Morgan fingerprint density at radius 3 is 2.94 bits per heavy atom. The summed E-state index contributed by atoms with van der Waals surface area (Å²) in [6, 6.07) is 10.4. The van der Waals surface area contributed by atoms with Gasteiger partial charge in [-0.25, -0.2) is 0 Å². The van der Waals surface area contributed by atoms with Gasteiger partial charge in [0.15, 0.2) is 0 Å². The van der Waals surface area contributed by atoms with Gasteiger partial charge < -0.3 is 10.1 Å². The van der Waals surface area contributed by atoms with Crippen LogP contribution in [-0.4, -0.2) is 43.8 Å². The quantitative estimate of drug-likeness (QED) is 0.857. The second-order valence-corrected chi connectivity index (χ2v) is 5.40. The van der Waals surface area contributed by atoms with Crippen molar-refractivity contribution in [2.24, 2.45) is 0 Å². The van der Waals surface area contributed by atoms with Crippen molar-refractivity contribution in [2.45, 2.75) is 31.5 Å². The summed E-state index contributed by atoms with van der Waals surface area (Å²) in [7, 11) is 2.07. The Morgan fingerprint density at radius 2 is 2.17 bits per heavy atom. The number of hydrogen-bond acceptors (Lipinski definition) is 3. The van der Waals surface area contributed by atoms with Crippen LogP contribution in [-0.2, 0) is 11.2 Å². The highest BCUT2D eigenvalue weighted by molar-refractivity contribution is 5.37. The first-order valence-corrected chi connectivity index (χ1v) is 6.90. The van der Waals surface area contributed by atoms with Gasteiger partial charge in [-0.2, -0.15) is 0 Å². The Morgan fingerprint density at radius 1 is 1.33 bits per heavy atom. The van der Waals surface area contributed by atoms with Crippen molar-refractivity contribution in [3.05, 3.63) is 35.4 Å². The minimum absolute atomic E-state index is 0.460. The van der Waals surface area contributed by atoms with Crippen molar-refractivity contribution in [3.63, 3.8) is 0 Å². The molecule has 0 amide bonds. The number of likely N-dealkylation sites (N-methyl/N-ethyl adjacent to an activating group) is 1. The van der Waals surface area contributed by atoms with Crippen LogP contribution in [0.4, 0.5) is 0 Å². The molecular formula is C15H22N2O. The fourth-order valence-electron chi connectivity index (χ4n) is 3.46. The molecule has 0 aromatic heterocycles. The third kappa shape index (κ3) is 1.96. The lowest BCUT2D eigenvalue weighted by molar-refractivity contribution is -0.0268. The van der Waals surface area contributed by atoms with Gasteiger partial charge in [0, 0.05) is 24.7 Å². The fraction of sp³-hybridized carbons (Fsp3) is 0.600. The van der Waals surface area contributed by atoms with Crippen LogP contribution >= 0.6 is 0 Å². The van der Waals surface area contributed by atoms with Crippen LogP contribution in [0.5, 0.6) is 0 Å². The van der Waals surface area contributed by atoms with Crippen LogP contribution in [0.15, 0.2) is 24.3 Å². The van der Waals surface area contributed by atoms with Crippen LogP contribution < -0.4 is 5.32 Å². The Labute approximate surface area is 109 Å². The first-order valence-electron chi connectivity index (χ1n) is 6.90. The number of hydrogen-bond donors (Lipinski definition) is 1. The van der Waals surface area contributed by atoms with E-state index < -0.39 is 0 Å². The molecule has 1 N–H and O–H groups in total. The van der Waals surface area contributed by atoms with Crippen molar-refractivity contribution in [2.75, 3.05) is 26.8 Å². The van der Waals surface area contributed by atoms with E-state index in [1.54, 1.807) is 0 Å². The maximum absolute atomic E-state index is 5.56. The molecule has 3 unspecified atom stereocenters. The Bertz CT molecular complexity index is 421. The topological polar surface area (TPSA) is 24.5 Å². The number of nitrogens with one attached hydrogen (secondary N) is 1. The summed E-state index contributed by atoms with van der Waals surface area (Å²) >= 11 is 0. The Hall–Kier alpha value is -0.900. The summed E-state index contributed by atoms with van der Waals surface area (Å²) in [6.07, 6.45) is 1.16. The molecule has 3 rings (SSSR count). The molecule has 1 aromatic carbocycles. The van der Waals surface area contributed by atoms with Gasteiger partial charge in [-0.3, -0.25) is 4.90 Å². The van der Waals surface area contributed by atoms with E-state index in [4.69, 9.17) is 4.74 Å². The molecule has 0 saturated carbocycles. The van der Waals surface area contributed by atoms with E-state index in [2.05, 4.69) is 48.5 Å². The molecule has 1 aromatic rings. The first-order chi connectivity index (χ1) is 8.81. The molecule has 0 bridgehead atoms. The monoisotopic (exact) mass is 246 g/mol. The van der Waals surface area contributed by atoms with Gasteiger partial charge >= 0.3 is 0 Å². The maximum Gasteiger partial charge on any atom is 0.0619 e. The Kier molecular flexibility index (Phi) is 3.37. The zero-order chi connectivity index (χ0) is 12.5. The number of fused-ring (bicyclic) bond motifs is 1. The highest BCUT2D eigenvalue weighted by atomic mass is 16.5. The highest BCUT2D eigenvalue weighted by Crippen LogP contribution is 2.35. The summed E-state index contributed by atoms with van der Waals surface area (Å²) in [4.78, 5) is 2.62. The lowest BCUT2D eigenvalue weighted by Crippen LogP contribution is -2.52. The van der Waals surface area contributed by atoms with Crippen molar-refractivity contribution in [3.8, 4) is 0 Å². The van der Waals surface area contributed by atoms with Gasteiger partial charge in [-0.1, -0.05) is 24.3 Å². The van der Waals surface area contributed by atoms with Crippen molar-refractivity contribution in [1.82, 2.24) is 10.2 Å². The second kappa shape index (κ2) is 5.00. The normalized spacial score (nSPS) is 32.4. The molecule has 1 saturated heterocycles. The predicted molar refractivity (Wildman–Crippen MR) is 72.7 cm³/mol. The molecule has 3 nitrogen and oxygen atoms in total. The summed E-state index contributed by atoms with van der Waals surface area (Å²) in [5.41, 5.74) is 2.98. The number of rotatable bonds is 2. The molecule has 0 radical (unpaired) electrons. The predicted octanol–water partition coefficient (Wildman–Crippen LogP) is 1.59. The third-order valence-electron chi connectivity index (χ3n) is 4.36. The highest BCUT2D eigenvalue weighted by Gasteiger charge is 2.37. The second-order valence-electron chi connectivity index (χ2n) is 5.40. The molecule has 1 aliphatic heterocycles. The number of benzene rings is 1. The van der Waals surface area contributed by atoms with Crippen molar-refractivity contribution < 1.29 is 4.74 Å². The van der Waals surface area contributed by atoms with E-state index in [0.717, 1.165) is 26.2 Å². The number of nitrogens with zero attached hydrogens (tertiary/aromatic N) is 1. The average molecular weight is 246 g/mol. The van der Waals surface area contributed by atoms with E-state index in [9.17, 15) is 0 Å². The molecule has 2 aliphatic rings. The molecule has 3 atom stereocenters. The first kappa shape index (κ1) is 12.2. The van der Waals surface area contributed by atoms with Gasteiger partial charge in [0.2, 0.25) is 0 Å². The smallest absolute Gasteiger partial charge is 0.0619 e. The minimum atomic E-state index is 0.460. The summed E-state index contributed by atoms with van der Waals surface area (Å²) in [5.74, 6) is 0. The molecule has 3 heteroatoms. The molecule has 0 spiro atoms. The zero-order valence-electron chi connectivity index (χ0n) is 11.2. The molecule has 1 heterocycles. The lowest BCUT2D eigenvalue weighted by atomic mass is 10.0. The van der Waals surface area contributed by atoms with Gasteiger partial charge in [0.1, 0.15) is 0 Å². The van der Waals surface area contributed by atoms with Crippen LogP contribution in [0.25, 0.3) is 0 Å². The van der Waals surface area contributed by atoms with Gasteiger partial charge in [0.25, 0.3) is 0 Å². The molecule has 1 fully saturated rings. The standard InChI is InChI=1S/C15H22N2O/c1-11-10-18-8-7-17(11)14-9-12-5-3-4-6-13(12)15(14)16-2/h3-6,11,14-16H,7-10H2,1-2H3. The van der Waals surface area contributed by atoms with E-state index in [0.29, 0.717) is 18.1 Å². The summed E-state index contributed by atoms with van der Waals surface area (Å²) in [6.45, 7) is 5.06. The maximum atomic E-state index is 5.56. The van der Waals surface area contributed by atoms with E-state index in [1.807, 2.05) is 0 Å². The van der Waals surface area contributed by atoms with Crippen molar-refractivity contribution in [1.29, 1.82) is 0 Å². The lowest BCUT2D eigenvalue weighted by Gasteiger charge is -2.40. The average Bonchev–Trinajstić information content (AvgIpc) is 2.77. The van der Waals surface area contributed by atoms with E-state index in [-0.39, 0.29) is 0 Å². The van der Waals surface area contributed by atoms with Crippen LogP contribution in [0, 0.1) is 0 Å². The number of morpholine rings is 1. The molecule has 1 aliphatic carbocycles. The fourth-order valence-corrected chi connectivity index (χ4v) is 3.46. The summed E-state index contributed by atoms with van der Waals surface area (Å²) in [5, 5.41) is 3.51. The molecule has 18 heavy (non-hydrogen) atoms. The third-order valence-corrected chi connectivity index (χ3v) is 4.36. The largest absolute Gasteiger partial charge is 0.379 e. The molecule has 98 valence electrons. The van der Waals surface area contributed by atoms with Crippen LogP contribution in [0.1, 0.15) is 24.1 Å². The van der Waals surface area contributed by atoms with Crippen LogP contribution in [0.3, 0.4) is 0 Å². The minimum Gasteiger partial charge on any atom is -0.379 e. The van der Waals surface area contributed by atoms with Gasteiger partial charge in [-0.05, 0) is 31.5 Å². The summed E-state index contributed by atoms with van der Waals surface area (Å²) < 4.78 is 5.56. The number of ether oxygens (including phenoxy) is 1. The van der Waals surface area contributed by atoms with Crippen LogP contribution in [0.2, 0.25) is 0 Å². The Balaban J connectivity index is 1.86. The molecular weight excluding hydrogens is 224 g/mol. The zero-order valence-corrected chi connectivity index (χ0v) is 11.2. The van der Waals surface area contributed by atoms with E-state index in [1.165, 1.54) is 11.1 Å². The van der Waals surface area contributed by atoms with Crippen molar-refractivity contribution >= 4 is 0 Å². The van der Waals surface area contributed by atoms with E-state index >= 15 is 0 Å².